The second-order valence-electron chi connectivity index (χ2n) is 9.79. The predicted octanol–water partition coefficient (Wildman–Crippen LogP) is 4.12. The molecule has 4 N–H and O–H groups in total. The SMILES string of the molecule is Cc1ccc2c(c1)C1(CCN(C(=O)[C@H](Cc3ccccc3)NC(=O)c3ccc(NC(=O)O)cc3)C1)OC(=O)N2. The number of benzene rings is 3. The number of ether oxygens (including phenoxy) is 1. The van der Waals surface area contributed by atoms with Gasteiger partial charge < -0.3 is 20.1 Å². The summed E-state index contributed by atoms with van der Waals surface area (Å²) in [5.41, 5.74) is 3.03. The molecule has 1 fully saturated rings. The Morgan fingerprint density at radius 1 is 1.08 bits per heavy atom. The van der Waals surface area contributed by atoms with Gasteiger partial charge >= 0.3 is 12.2 Å². The van der Waals surface area contributed by atoms with Crippen LogP contribution in [-0.2, 0) is 21.6 Å². The zero-order valence-corrected chi connectivity index (χ0v) is 21.3. The topological polar surface area (TPSA) is 137 Å². The van der Waals surface area contributed by atoms with Crippen LogP contribution in [0.15, 0.2) is 72.8 Å². The van der Waals surface area contributed by atoms with Crippen LogP contribution in [0.5, 0.6) is 0 Å². The number of nitrogens with zero attached hydrogens (tertiary/aromatic N) is 1. The molecule has 39 heavy (non-hydrogen) atoms. The monoisotopic (exact) mass is 528 g/mol. The number of aryl methyl sites for hydroxylation is 1. The molecule has 2 heterocycles. The molecule has 4 amide bonds. The van der Waals surface area contributed by atoms with Gasteiger partial charge in [-0.1, -0.05) is 42.0 Å². The van der Waals surface area contributed by atoms with E-state index in [9.17, 15) is 19.2 Å². The van der Waals surface area contributed by atoms with E-state index in [1.165, 1.54) is 24.3 Å². The molecule has 1 unspecified atom stereocenters. The number of carbonyl (C=O) groups is 4. The normalized spacial score (nSPS) is 18.5. The summed E-state index contributed by atoms with van der Waals surface area (Å²) in [6.07, 6.45) is -1.06. The number of fused-ring (bicyclic) bond motifs is 2. The van der Waals surface area contributed by atoms with E-state index in [4.69, 9.17) is 9.84 Å². The first-order valence-corrected chi connectivity index (χ1v) is 12.6. The number of carbonyl (C=O) groups excluding carboxylic acids is 3. The third-order valence-corrected chi connectivity index (χ3v) is 7.02. The number of anilines is 2. The van der Waals surface area contributed by atoms with Gasteiger partial charge in [-0.3, -0.25) is 20.2 Å². The molecule has 2 atom stereocenters. The zero-order valence-electron chi connectivity index (χ0n) is 21.3. The Morgan fingerprint density at radius 3 is 2.54 bits per heavy atom. The minimum absolute atomic E-state index is 0.173. The fraction of sp³-hybridized carbons (Fsp3) is 0.241. The van der Waals surface area contributed by atoms with Gasteiger partial charge in [0.15, 0.2) is 5.60 Å². The largest absolute Gasteiger partial charge is 0.465 e. The molecule has 0 aromatic heterocycles. The van der Waals surface area contributed by atoms with Crippen LogP contribution in [0.2, 0.25) is 0 Å². The fourth-order valence-electron chi connectivity index (χ4n) is 5.13. The van der Waals surface area contributed by atoms with Crippen molar-refractivity contribution in [1.82, 2.24) is 10.2 Å². The van der Waals surface area contributed by atoms with E-state index in [1.54, 1.807) is 4.90 Å². The number of nitrogens with one attached hydrogen (secondary N) is 3. The van der Waals surface area contributed by atoms with Gasteiger partial charge in [-0.05, 0) is 48.9 Å². The van der Waals surface area contributed by atoms with E-state index in [0.29, 0.717) is 24.3 Å². The summed E-state index contributed by atoms with van der Waals surface area (Å²) in [5, 5.41) is 16.7. The smallest absolute Gasteiger partial charge is 0.412 e. The lowest BCUT2D eigenvalue weighted by atomic mass is 9.89. The Hall–Kier alpha value is -4.86. The molecule has 10 heteroatoms. The summed E-state index contributed by atoms with van der Waals surface area (Å²) >= 11 is 0. The summed E-state index contributed by atoms with van der Waals surface area (Å²) in [6.45, 7) is 2.49. The fourth-order valence-corrected chi connectivity index (χ4v) is 5.13. The van der Waals surface area contributed by atoms with Crippen molar-refractivity contribution in [2.45, 2.75) is 31.4 Å². The summed E-state index contributed by atoms with van der Waals surface area (Å²) in [6, 6.07) is 20.2. The van der Waals surface area contributed by atoms with Gasteiger partial charge in [-0.25, -0.2) is 9.59 Å². The van der Waals surface area contributed by atoms with Gasteiger partial charge in [0.1, 0.15) is 6.04 Å². The Balaban J connectivity index is 1.37. The van der Waals surface area contributed by atoms with E-state index in [1.807, 2.05) is 55.5 Å². The van der Waals surface area contributed by atoms with Crippen LogP contribution in [0.25, 0.3) is 0 Å². The molecule has 10 nitrogen and oxygen atoms in total. The van der Waals surface area contributed by atoms with E-state index in [0.717, 1.165) is 16.7 Å². The van der Waals surface area contributed by atoms with Crippen LogP contribution in [0.4, 0.5) is 21.0 Å². The molecule has 0 saturated carbocycles. The molecule has 1 saturated heterocycles. The van der Waals surface area contributed by atoms with E-state index in [-0.39, 0.29) is 24.4 Å². The first kappa shape index (κ1) is 25.8. The van der Waals surface area contributed by atoms with E-state index >= 15 is 0 Å². The van der Waals surface area contributed by atoms with E-state index < -0.39 is 29.7 Å². The molecule has 2 aliphatic rings. The maximum absolute atomic E-state index is 13.9. The van der Waals surface area contributed by atoms with Crippen LogP contribution in [0, 0.1) is 6.92 Å². The third-order valence-electron chi connectivity index (χ3n) is 7.02. The molecule has 0 radical (unpaired) electrons. The molecule has 5 rings (SSSR count). The second-order valence-corrected chi connectivity index (χ2v) is 9.79. The Kier molecular flexibility index (Phi) is 6.93. The number of hydrogen-bond donors (Lipinski definition) is 4. The molecule has 1 spiro atoms. The van der Waals surface area contributed by atoms with Crippen LogP contribution in [0.3, 0.4) is 0 Å². The number of hydrogen-bond acceptors (Lipinski definition) is 5. The van der Waals surface area contributed by atoms with Gasteiger partial charge in [0, 0.05) is 36.2 Å². The lowest BCUT2D eigenvalue weighted by Gasteiger charge is -2.36. The average molecular weight is 529 g/mol. The molecule has 0 bridgehead atoms. The molecular formula is C29H28N4O6. The number of likely N-dealkylation sites (tertiary alicyclic amines) is 1. The van der Waals surface area contributed by atoms with Crippen LogP contribution in [-0.4, -0.2) is 53.1 Å². The standard InChI is InChI=1S/C29H28N4O6/c1-18-7-12-23-22(15-18)29(39-28(38)32-23)13-14-33(17-29)26(35)24(16-19-5-3-2-4-6-19)31-25(34)20-8-10-21(11-9-20)30-27(36)37/h2-12,15,24,30H,13-14,16-17H2,1H3,(H,31,34)(H,32,38)(H,36,37)/t24-,29?/m0/s1. The van der Waals surface area contributed by atoms with Crippen molar-refractivity contribution < 1.29 is 29.0 Å². The van der Waals surface area contributed by atoms with Gasteiger partial charge in [-0.2, -0.15) is 0 Å². The predicted molar refractivity (Wildman–Crippen MR) is 144 cm³/mol. The maximum Gasteiger partial charge on any atom is 0.412 e. The van der Waals surface area contributed by atoms with Crippen molar-refractivity contribution in [3.8, 4) is 0 Å². The Labute approximate surface area is 225 Å². The highest BCUT2D eigenvalue weighted by Crippen LogP contribution is 2.43. The molecule has 0 aliphatic carbocycles. The summed E-state index contributed by atoms with van der Waals surface area (Å²) in [5.74, 6) is -0.744. The van der Waals surface area contributed by atoms with Crippen LogP contribution in [0.1, 0.15) is 33.5 Å². The van der Waals surface area contributed by atoms with Crippen molar-refractivity contribution in [2.75, 3.05) is 23.7 Å². The molecule has 2 aliphatic heterocycles. The zero-order chi connectivity index (χ0) is 27.6. The van der Waals surface area contributed by atoms with Gasteiger partial charge in [0.05, 0.1) is 12.2 Å². The molecular weight excluding hydrogens is 500 g/mol. The lowest BCUT2D eigenvalue weighted by Crippen LogP contribution is -2.50. The van der Waals surface area contributed by atoms with Crippen molar-refractivity contribution >= 4 is 35.4 Å². The molecule has 3 aromatic carbocycles. The number of amides is 4. The van der Waals surface area contributed by atoms with E-state index in [2.05, 4.69) is 16.0 Å². The first-order valence-electron chi connectivity index (χ1n) is 12.6. The summed E-state index contributed by atoms with van der Waals surface area (Å²) < 4.78 is 5.80. The van der Waals surface area contributed by atoms with Gasteiger partial charge in [0.2, 0.25) is 5.91 Å². The number of rotatable bonds is 6. The van der Waals surface area contributed by atoms with Gasteiger partial charge in [0.25, 0.3) is 5.91 Å². The third kappa shape index (κ3) is 5.54. The highest BCUT2D eigenvalue weighted by atomic mass is 16.6. The molecule has 200 valence electrons. The van der Waals surface area contributed by atoms with Crippen molar-refractivity contribution in [3.05, 3.63) is 95.1 Å². The van der Waals surface area contributed by atoms with Crippen molar-refractivity contribution in [3.63, 3.8) is 0 Å². The van der Waals surface area contributed by atoms with Gasteiger partial charge in [-0.15, -0.1) is 0 Å². The lowest BCUT2D eigenvalue weighted by molar-refractivity contribution is -0.133. The average Bonchev–Trinajstić information content (AvgIpc) is 3.33. The van der Waals surface area contributed by atoms with Crippen molar-refractivity contribution in [1.29, 1.82) is 0 Å². The second kappa shape index (κ2) is 10.5. The number of carboxylic acid groups (broad SMARTS) is 1. The Morgan fingerprint density at radius 2 is 1.82 bits per heavy atom. The summed E-state index contributed by atoms with van der Waals surface area (Å²) in [7, 11) is 0. The first-order chi connectivity index (χ1) is 18.7. The quantitative estimate of drug-likeness (QED) is 0.380. The van der Waals surface area contributed by atoms with Crippen LogP contribution < -0.4 is 16.0 Å². The van der Waals surface area contributed by atoms with Crippen molar-refractivity contribution in [2.24, 2.45) is 0 Å². The molecule has 3 aromatic rings. The Bertz CT molecular complexity index is 1430. The maximum atomic E-state index is 13.9. The summed E-state index contributed by atoms with van der Waals surface area (Å²) in [4.78, 5) is 51.9. The highest BCUT2D eigenvalue weighted by Gasteiger charge is 2.49. The minimum Gasteiger partial charge on any atom is -0.465 e. The highest BCUT2D eigenvalue weighted by molar-refractivity contribution is 5.98. The van der Waals surface area contributed by atoms with Crippen LogP contribution >= 0.6 is 0 Å². The minimum atomic E-state index is -1.21.